The van der Waals surface area contributed by atoms with E-state index in [1.54, 1.807) is 11.3 Å². The molecule has 5 heteroatoms. The molecule has 0 aliphatic carbocycles. The fourth-order valence-corrected chi connectivity index (χ4v) is 3.99. The summed E-state index contributed by atoms with van der Waals surface area (Å²) in [6, 6.07) is 14.7. The van der Waals surface area contributed by atoms with Gasteiger partial charge in [0.25, 0.3) is 0 Å². The summed E-state index contributed by atoms with van der Waals surface area (Å²) in [6.45, 7) is 7.36. The van der Waals surface area contributed by atoms with E-state index in [1.807, 2.05) is 24.4 Å². The number of piperazine rings is 1. The van der Waals surface area contributed by atoms with Crippen molar-refractivity contribution in [2.75, 3.05) is 31.1 Å². The quantitative estimate of drug-likeness (QED) is 0.716. The van der Waals surface area contributed by atoms with Crippen molar-refractivity contribution in [3.63, 3.8) is 0 Å². The molecule has 0 amide bonds. The highest BCUT2D eigenvalue weighted by atomic mass is 32.1. The third kappa shape index (κ3) is 3.89. The van der Waals surface area contributed by atoms with E-state index < -0.39 is 0 Å². The molecule has 25 heavy (non-hydrogen) atoms. The summed E-state index contributed by atoms with van der Waals surface area (Å²) in [5, 5.41) is 3.17. The van der Waals surface area contributed by atoms with Crippen LogP contribution in [0.5, 0.6) is 0 Å². The largest absolute Gasteiger partial charge is 0.369 e. The number of thiazole rings is 1. The van der Waals surface area contributed by atoms with E-state index in [0.717, 1.165) is 49.1 Å². The molecule has 0 spiro atoms. The highest BCUT2D eigenvalue weighted by molar-refractivity contribution is 7.13. The molecule has 1 aromatic carbocycles. The molecule has 4 nitrogen and oxygen atoms in total. The van der Waals surface area contributed by atoms with Crippen LogP contribution in [0.3, 0.4) is 0 Å². The zero-order valence-electron chi connectivity index (χ0n) is 14.4. The Kier molecular flexibility index (Phi) is 4.76. The second-order valence-corrected chi connectivity index (χ2v) is 7.32. The normalized spacial score (nSPS) is 15.5. The molecule has 1 aliphatic heterocycles. The number of rotatable bonds is 4. The lowest BCUT2D eigenvalue weighted by Gasteiger charge is -2.35. The highest BCUT2D eigenvalue weighted by Gasteiger charge is 2.18. The molecule has 0 saturated carbocycles. The van der Waals surface area contributed by atoms with Gasteiger partial charge in [-0.25, -0.2) is 4.98 Å². The van der Waals surface area contributed by atoms with Crippen molar-refractivity contribution >= 4 is 17.0 Å². The molecule has 3 aromatic rings. The van der Waals surface area contributed by atoms with Crippen LogP contribution < -0.4 is 4.90 Å². The molecule has 128 valence electrons. The minimum atomic E-state index is 0.922. The van der Waals surface area contributed by atoms with Gasteiger partial charge in [0.2, 0.25) is 0 Å². The molecule has 2 aromatic heterocycles. The Morgan fingerprint density at radius 2 is 1.92 bits per heavy atom. The molecule has 0 atom stereocenters. The van der Waals surface area contributed by atoms with E-state index in [0.29, 0.717) is 0 Å². The summed E-state index contributed by atoms with van der Waals surface area (Å²) in [7, 11) is 0. The Morgan fingerprint density at radius 3 is 2.68 bits per heavy atom. The predicted octanol–water partition coefficient (Wildman–Crippen LogP) is 3.84. The molecular formula is C20H22N4S. The smallest absolute Gasteiger partial charge is 0.142 e. The zero-order chi connectivity index (χ0) is 17.1. The molecule has 0 N–H and O–H groups in total. The number of benzene rings is 1. The van der Waals surface area contributed by atoms with E-state index in [4.69, 9.17) is 4.98 Å². The van der Waals surface area contributed by atoms with Gasteiger partial charge < -0.3 is 4.90 Å². The lowest BCUT2D eigenvalue weighted by molar-refractivity contribution is 0.247. The summed E-state index contributed by atoms with van der Waals surface area (Å²) >= 11 is 1.68. The number of nitrogens with zero attached hydrogens (tertiary/aromatic N) is 4. The zero-order valence-corrected chi connectivity index (χ0v) is 15.2. The van der Waals surface area contributed by atoms with E-state index in [-0.39, 0.29) is 0 Å². The average molecular weight is 350 g/mol. The van der Waals surface area contributed by atoms with Crippen LogP contribution in [0, 0.1) is 6.92 Å². The predicted molar refractivity (Wildman–Crippen MR) is 104 cm³/mol. The minimum Gasteiger partial charge on any atom is -0.369 e. The summed E-state index contributed by atoms with van der Waals surface area (Å²) in [5.41, 5.74) is 4.77. The topological polar surface area (TPSA) is 32.3 Å². The van der Waals surface area contributed by atoms with E-state index in [1.165, 1.54) is 11.3 Å². The van der Waals surface area contributed by atoms with Crippen molar-refractivity contribution in [1.29, 1.82) is 0 Å². The summed E-state index contributed by atoms with van der Waals surface area (Å²) in [6.07, 6.45) is 1.82. The third-order valence-corrected chi connectivity index (χ3v) is 5.47. The maximum atomic E-state index is 4.76. The highest BCUT2D eigenvalue weighted by Crippen LogP contribution is 2.23. The van der Waals surface area contributed by atoms with Crippen molar-refractivity contribution in [1.82, 2.24) is 14.9 Å². The van der Waals surface area contributed by atoms with Crippen molar-refractivity contribution in [2.24, 2.45) is 0 Å². The number of anilines is 1. The second-order valence-electron chi connectivity index (χ2n) is 6.46. The van der Waals surface area contributed by atoms with Crippen molar-refractivity contribution in [3.8, 4) is 10.7 Å². The first-order valence-corrected chi connectivity index (χ1v) is 9.56. The van der Waals surface area contributed by atoms with Crippen molar-refractivity contribution in [2.45, 2.75) is 13.5 Å². The van der Waals surface area contributed by atoms with Gasteiger partial charge in [0.15, 0.2) is 0 Å². The van der Waals surface area contributed by atoms with Crippen LogP contribution in [-0.4, -0.2) is 41.0 Å². The monoisotopic (exact) mass is 350 g/mol. The van der Waals surface area contributed by atoms with Gasteiger partial charge in [0.1, 0.15) is 5.01 Å². The number of pyridine rings is 1. The Morgan fingerprint density at radius 1 is 1.04 bits per heavy atom. The van der Waals surface area contributed by atoms with Crippen LogP contribution in [0.1, 0.15) is 11.3 Å². The van der Waals surface area contributed by atoms with Gasteiger partial charge in [-0.2, -0.15) is 0 Å². The Labute approximate surface area is 152 Å². The van der Waals surface area contributed by atoms with E-state index >= 15 is 0 Å². The first-order chi connectivity index (χ1) is 12.3. The fraction of sp³-hybridized carbons (Fsp3) is 0.300. The average Bonchev–Trinajstić information content (AvgIpc) is 3.12. The standard InChI is InChI=1S/C20H22N4S/c1-16-5-4-6-18(13-16)24-11-9-23(10-12-24)14-17-15-25-20(22-17)19-7-2-3-8-21-19/h2-8,13,15H,9-12,14H2,1H3. The Balaban J connectivity index is 1.35. The Hall–Kier alpha value is -2.24. The first-order valence-electron chi connectivity index (χ1n) is 8.68. The number of hydrogen-bond donors (Lipinski definition) is 0. The molecule has 3 heterocycles. The van der Waals surface area contributed by atoms with Crippen LogP contribution in [0.4, 0.5) is 5.69 Å². The van der Waals surface area contributed by atoms with Crippen LogP contribution in [0.15, 0.2) is 54.0 Å². The van der Waals surface area contributed by atoms with E-state index in [9.17, 15) is 0 Å². The van der Waals surface area contributed by atoms with Gasteiger partial charge in [0.05, 0.1) is 11.4 Å². The van der Waals surface area contributed by atoms with Crippen molar-refractivity contribution < 1.29 is 0 Å². The van der Waals surface area contributed by atoms with Gasteiger partial charge in [-0.15, -0.1) is 11.3 Å². The second kappa shape index (κ2) is 7.33. The van der Waals surface area contributed by atoms with Crippen LogP contribution in [-0.2, 0) is 6.54 Å². The van der Waals surface area contributed by atoms with Gasteiger partial charge in [-0.05, 0) is 36.8 Å². The van der Waals surface area contributed by atoms with Gasteiger partial charge in [0, 0.05) is 50.0 Å². The minimum absolute atomic E-state index is 0.922. The SMILES string of the molecule is Cc1cccc(N2CCN(Cc3csc(-c4ccccn4)n3)CC2)c1. The molecule has 4 rings (SSSR count). The number of hydrogen-bond acceptors (Lipinski definition) is 5. The number of aromatic nitrogens is 2. The molecule has 1 fully saturated rings. The lowest BCUT2D eigenvalue weighted by Crippen LogP contribution is -2.46. The maximum absolute atomic E-state index is 4.76. The molecular weight excluding hydrogens is 328 g/mol. The van der Waals surface area contributed by atoms with Gasteiger partial charge in [-0.3, -0.25) is 9.88 Å². The molecule has 1 saturated heterocycles. The molecule has 0 unspecified atom stereocenters. The van der Waals surface area contributed by atoms with Crippen LogP contribution in [0.25, 0.3) is 10.7 Å². The lowest BCUT2D eigenvalue weighted by atomic mass is 10.2. The number of aryl methyl sites for hydroxylation is 1. The molecule has 0 bridgehead atoms. The summed E-state index contributed by atoms with van der Waals surface area (Å²) in [4.78, 5) is 14.1. The fourth-order valence-electron chi connectivity index (χ4n) is 3.20. The van der Waals surface area contributed by atoms with Gasteiger partial charge >= 0.3 is 0 Å². The summed E-state index contributed by atoms with van der Waals surface area (Å²) in [5.74, 6) is 0. The van der Waals surface area contributed by atoms with Gasteiger partial charge in [-0.1, -0.05) is 18.2 Å². The van der Waals surface area contributed by atoms with E-state index in [2.05, 4.69) is 51.4 Å². The first kappa shape index (κ1) is 16.2. The summed E-state index contributed by atoms with van der Waals surface area (Å²) < 4.78 is 0. The Bertz CT molecular complexity index is 822. The maximum Gasteiger partial charge on any atom is 0.142 e. The van der Waals surface area contributed by atoms with Crippen LogP contribution >= 0.6 is 11.3 Å². The van der Waals surface area contributed by atoms with Crippen LogP contribution in [0.2, 0.25) is 0 Å². The molecule has 1 aliphatic rings. The molecule has 0 radical (unpaired) electrons. The third-order valence-electron chi connectivity index (χ3n) is 4.56. The van der Waals surface area contributed by atoms with Crippen molar-refractivity contribution in [3.05, 3.63) is 65.3 Å².